The summed E-state index contributed by atoms with van der Waals surface area (Å²) in [6.07, 6.45) is 1.59. The molecule has 0 spiro atoms. The largest absolute Gasteiger partial charge is 0.354 e. The average Bonchev–Trinajstić information content (AvgIpc) is 2.46. The van der Waals surface area contributed by atoms with Gasteiger partial charge >= 0.3 is 0 Å². The second-order valence-electron chi connectivity index (χ2n) is 5.18. The number of nitrogens with one attached hydrogen (secondary N) is 1. The monoisotopic (exact) mass is 264 g/mol. The van der Waals surface area contributed by atoms with Crippen molar-refractivity contribution < 1.29 is 0 Å². The zero-order chi connectivity index (χ0) is 13.8. The van der Waals surface area contributed by atoms with Gasteiger partial charge in [0.05, 0.1) is 0 Å². The lowest BCUT2D eigenvalue weighted by Crippen LogP contribution is -2.46. The molecule has 2 heterocycles. The molecule has 1 fully saturated rings. The zero-order valence-electron chi connectivity index (χ0n) is 12.1. The number of anilines is 2. The van der Waals surface area contributed by atoms with Crippen molar-refractivity contribution >= 4 is 11.6 Å². The van der Waals surface area contributed by atoms with Crippen LogP contribution in [-0.2, 0) is 0 Å². The smallest absolute Gasteiger partial charge is 0.148 e. The van der Waals surface area contributed by atoms with Crippen LogP contribution in [0.3, 0.4) is 0 Å². The van der Waals surface area contributed by atoms with Crippen LogP contribution in [0.2, 0.25) is 0 Å². The van der Waals surface area contributed by atoms with Crippen molar-refractivity contribution in [2.75, 3.05) is 43.0 Å². The number of hydrogen-bond donors (Lipinski definition) is 2. The van der Waals surface area contributed by atoms with Crippen LogP contribution in [0, 0.1) is 0 Å². The summed E-state index contributed by atoms with van der Waals surface area (Å²) in [7, 11) is 0. The summed E-state index contributed by atoms with van der Waals surface area (Å²) in [5.41, 5.74) is 3.79. The Balaban J connectivity index is 2.25. The molecule has 19 heavy (non-hydrogen) atoms. The molecular weight excluding hydrogens is 240 g/mol. The van der Waals surface area contributed by atoms with Crippen LogP contribution in [0.25, 0.3) is 0 Å². The number of nitrogens with zero attached hydrogens (tertiary/aromatic N) is 4. The Labute approximate surface area is 115 Å². The Hall–Kier alpha value is -1.40. The third-order valence-corrected chi connectivity index (χ3v) is 3.70. The van der Waals surface area contributed by atoms with Crippen LogP contribution < -0.4 is 16.2 Å². The number of likely N-dealkylation sites (N-methyl/N-ethyl adjacent to an activating group) is 1. The summed E-state index contributed by atoms with van der Waals surface area (Å²) in [6.45, 7) is 11.8. The van der Waals surface area contributed by atoms with E-state index in [9.17, 15) is 0 Å². The lowest BCUT2D eigenvalue weighted by atomic mass is 10.0. The number of nitrogen functional groups attached to an aromatic ring is 1. The van der Waals surface area contributed by atoms with Gasteiger partial charge in [-0.15, -0.1) is 0 Å². The number of aromatic nitrogens is 2. The van der Waals surface area contributed by atoms with E-state index in [4.69, 9.17) is 5.84 Å². The molecular formula is C13H24N6. The van der Waals surface area contributed by atoms with Gasteiger partial charge in [0.1, 0.15) is 18.0 Å². The van der Waals surface area contributed by atoms with Crippen molar-refractivity contribution in [3.63, 3.8) is 0 Å². The first kappa shape index (κ1) is 14.0. The Morgan fingerprint density at radius 2 is 1.95 bits per heavy atom. The van der Waals surface area contributed by atoms with Gasteiger partial charge in [0.2, 0.25) is 0 Å². The van der Waals surface area contributed by atoms with Crippen molar-refractivity contribution in [2.45, 2.75) is 26.7 Å². The topological polar surface area (TPSA) is 70.3 Å². The minimum atomic E-state index is 0.339. The molecule has 106 valence electrons. The van der Waals surface area contributed by atoms with E-state index >= 15 is 0 Å². The molecule has 1 aliphatic rings. The molecule has 0 amide bonds. The predicted molar refractivity (Wildman–Crippen MR) is 78.3 cm³/mol. The Morgan fingerprint density at radius 3 is 2.47 bits per heavy atom. The number of nitrogens with two attached hydrogens (primary N) is 1. The van der Waals surface area contributed by atoms with E-state index in [0.29, 0.717) is 5.92 Å². The fourth-order valence-corrected chi connectivity index (χ4v) is 2.56. The summed E-state index contributed by atoms with van der Waals surface area (Å²) in [5.74, 6) is 7.66. The highest BCUT2D eigenvalue weighted by Gasteiger charge is 2.22. The lowest BCUT2D eigenvalue weighted by molar-refractivity contribution is 0.270. The molecule has 1 aromatic heterocycles. The standard InChI is InChI=1S/C13H24N6/c1-4-18-5-7-19(8-6-18)13-11(10(2)3)12(17-14)15-9-16-13/h9-10H,4-8,14H2,1-3H3,(H,15,16,17). The maximum atomic E-state index is 5.56. The lowest BCUT2D eigenvalue weighted by Gasteiger charge is -2.36. The van der Waals surface area contributed by atoms with Gasteiger partial charge in [0, 0.05) is 31.7 Å². The highest BCUT2D eigenvalue weighted by molar-refractivity contribution is 5.60. The molecule has 1 aliphatic heterocycles. The summed E-state index contributed by atoms with van der Waals surface area (Å²) in [6, 6.07) is 0. The Kier molecular flexibility index (Phi) is 4.55. The summed E-state index contributed by atoms with van der Waals surface area (Å²) < 4.78 is 0. The Morgan fingerprint density at radius 1 is 1.26 bits per heavy atom. The fourth-order valence-electron chi connectivity index (χ4n) is 2.56. The first-order valence-electron chi connectivity index (χ1n) is 6.96. The minimum Gasteiger partial charge on any atom is -0.354 e. The van der Waals surface area contributed by atoms with Gasteiger partial charge in [-0.05, 0) is 12.5 Å². The number of hydrazine groups is 1. The molecule has 6 nitrogen and oxygen atoms in total. The van der Waals surface area contributed by atoms with Crippen LogP contribution in [0.15, 0.2) is 6.33 Å². The molecule has 0 aliphatic carbocycles. The van der Waals surface area contributed by atoms with E-state index in [1.807, 2.05) is 0 Å². The van der Waals surface area contributed by atoms with E-state index in [1.54, 1.807) is 6.33 Å². The molecule has 0 bridgehead atoms. The molecule has 0 atom stereocenters. The van der Waals surface area contributed by atoms with E-state index in [2.05, 4.69) is 46.0 Å². The van der Waals surface area contributed by atoms with Gasteiger partial charge in [-0.2, -0.15) is 0 Å². The second-order valence-corrected chi connectivity index (χ2v) is 5.18. The molecule has 1 saturated heterocycles. The molecule has 2 rings (SSSR count). The molecule has 0 unspecified atom stereocenters. The van der Waals surface area contributed by atoms with Crippen molar-refractivity contribution in [2.24, 2.45) is 5.84 Å². The van der Waals surface area contributed by atoms with Crippen molar-refractivity contribution in [3.05, 3.63) is 11.9 Å². The normalized spacial score (nSPS) is 17.0. The third kappa shape index (κ3) is 2.96. The summed E-state index contributed by atoms with van der Waals surface area (Å²) in [4.78, 5) is 13.5. The number of rotatable bonds is 4. The molecule has 3 N–H and O–H groups in total. The van der Waals surface area contributed by atoms with Gasteiger partial charge in [0.15, 0.2) is 0 Å². The zero-order valence-corrected chi connectivity index (χ0v) is 12.1. The van der Waals surface area contributed by atoms with Gasteiger partial charge in [0.25, 0.3) is 0 Å². The SMILES string of the molecule is CCN1CCN(c2ncnc(NN)c2C(C)C)CC1. The highest BCUT2D eigenvalue weighted by atomic mass is 15.3. The van der Waals surface area contributed by atoms with Gasteiger partial charge in [-0.3, -0.25) is 0 Å². The number of hydrogen-bond acceptors (Lipinski definition) is 6. The summed E-state index contributed by atoms with van der Waals surface area (Å²) in [5, 5.41) is 0. The third-order valence-electron chi connectivity index (χ3n) is 3.70. The van der Waals surface area contributed by atoms with E-state index < -0.39 is 0 Å². The van der Waals surface area contributed by atoms with Crippen LogP contribution in [0.5, 0.6) is 0 Å². The van der Waals surface area contributed by atoms with E-state index in [0.717, 1.165) is 49.9 Å². The first-order valence-corrected chi connectivity index (χ1v) is 6.96. The van der Waals surface area contributed by atoms with E-state index in [-0.39, 0.29) is 0 Å². The molecule has 0 aromatic carbocycles. The quantitative estimate of drug-likeness (QED) is 0.625. The highest BCUT2D eigenvalue weighted by Crippen LogP contribution is 2.30. The van der Waals surface area contributed by atoms with Crippen molar-refractivity contribution in [3.8, 4) is 0 Å². The van der Waals surface area contributed by atoms with Crippen LogP contribution >= 0.6 is 0 Å². The van der Waals surface area contributed by atoms with Crippen molar-refractivity contribution in [1.29, 1.82) is 0 Å². The van der Waals surface area contributed by atoms with Gasteiger partial charge < -0.3 is 15.2 Å². The van der Waals surface area contributed by atoms with E-state index in [1.165, 1.54) is 0 Å². The first-order chi connectivity index (χ1) is 9.17. The Bertz CT molecular complexity index is 412. The maximum Gasteiger partial charge on any atom is 0.148 e. The molecule has 0 saturated carbocycles. The van der Waals surface area contributed by atoms with Gasteiger partial charge in [-0.1, -0.05) is 20.8 Å². The van der Waals surface area contributed by atoms with Crippen LogP contribution in [-0.4, -0.2) is 47.6 Å². The molecule has 1 aromatic rings. The van der Waals surface area contributed by atoms with Crippen LogP contribution in [0.1, 0.15) is 32.3 Å². The average molecular weight is 264 g/mol. The summed E-state index contributed by atoms with van der Waals surface area (Å²) >= 11 is 0. The maximum absolute atomic E-state index is 5.56. The number of piperazine rings is 1. The van der Waals surface area contributed by atoms with Crippen molar-refractivity contribution in [1.82, 2.24) is 14.9 Å². The molecule has 6 heteroatoms. The fraction of sp³-hybridized carbons (Fsp3) is 0.692. The molecule has 0 radical (unpaired) electrons. The minimum absolute atomic E-state index is 0.339. The second kappa shape index (κ2) is 6.16. The predicted octanol–water partition coefficient (Wildman–Crippen LogP) is 1.03. The van der Waals surface area contributed by atoms with Gasteiger partial charge in [-0.25, -0.2) is 15.8 Å². The van der Waals surface area contributed by atoms with Crippen LogP contribution in [0.4, 0.5) is 11.6 Å².